The summed E-state index contributed by atoms with van der Waals surface area (Å²) in [6, 6.07) is 3.50. The van der Waals surface area contributed by atoms with Crippen molar-refractivity contribution in [3.63, 3.8) is 0 Å². The number of nitrogens with two attached hydrogens (primary N) is 1. The minimum absolute atomic E-state index is 0.0371. The van der Waals surface area contributed by atoms with Crippen molar-refractivity contribution < 1.29 is 4.79 Å². The fraction of sp³-hybridized carbons (Fsp3) is 0.600. The van der Waals surface area contributed by atoms with E-state index in [-0.39, 0.29) is 5.91 Å². The van der Waals surface area contributed by atoms with E-state index in [4.69, 9.17) is 5.73 Å². The third-order valence-electron chi connectivity index (χ3n) is 3.21. The van der Waals surface area contributed by atoms with Crippen LogP contribution in [0.1, 0.15) is 36.3 Å². The third-order valence-corrected chi connectivity index (χ3v) is 3.21. The molecule has 0 bridgehead atoms. The molecule has 5 heteroatoms. The second-order valence-electron chi connectivity index (χ2n) is 5.17. The maximum atomic E-state index is 12.5. The van der Waals surface area contributed by atoms with E-state index in [0.717, 1.165) is 31.6 Å². The van der Waals surface area contributed by atoms with Gasteiger partial charge in [-0.1, -0.05) is 6.92 Å². The fourth-order valence-electron chi connectivity index (χ4n) is 2.08. The lowest BCUT2D eigenvalue weighted by Crippen LogP contribution is -2.33. The number of carbonyl (C=O) groups excluding carboxylic acids is 1. The quantitative estimate of drug-likeness (QED) is 0.823. The average molecular weight is 278 g/mol. The fourth-order valence-corrected chi connectivity index (χ4v) is 2.08. The van der Waals surface area contributed by atoms with E-state index in [2.05, 4.69) is 9.88 Å². The van der Waals surface area contributed by atoms with Gasteiger partial charge in [-0.2, -0.15) is 0 Å². The summed E-state index contributed by atoms with van der Waals surface area (Å²) in [5, 5.41) is 0. The Labute approximate surface area is 121 Å². The van der Waals surface area contributed by atoms with Gasteiger partial charge in [-0.05, 0) is 52.5 Å². The van der Waals surface area contributed by atoms with Crippen LogP contribution in [0.15, 0.2) is 12.1 Å². The molecule has 1 aromatic rings. The van der Waals surface area contributed by atoms with Crippen LogP contribution in [0, 0.1) is 0 Å². The van der Waals surface area contributed by atoms with Gasteiger partial charge in [0.2, 0.25) is 0 Å². The summed E-state index contributed by atoms with van der Waals surface area (Å²) >= 11 is 0. The van der Waals surface area contributed by atoms with E-state index >= 15 is 0 Å². The molecular weight excluding hydrogens is 252 g/mol. The van der Waals surface area contributed by atoms with Gasteiger partial charge >= 0.3 is 0 Å². The monoisotopic (exact) mass is 278 g/mol. The first-order valence-electron chi connectivity index (χ1n) is 7.18. The van der Waals surface area contributed by atoms with Crippen LogP contribution in [0.4, 0.5) is 5.82 Å². The van der Waals surface area contributed by atoms with E-state index < -0.39 is 0 Å². The third kappa shape index (κ3) is 4.81. The lowest BCUT2D eigenvalue weighted by molar-refractivity contribution is 0.0759. The topological polar surface area (TPSA) is 62.5 Å². The van der Waals surface area contributed by atoms with Crippen LogP contribution >= 0.6 is 0 Å². The van der Waals surface area contributed by atoms with Gasteiger partial charge in [-0.15, -0.1) is 0 Å². The SMILES string of the molecule is CCc1cc(C(=O)N(CC)CCCN(C)C)cc(N)n1. The number of anilines is 1. The van der Waals surface area contributed by atoms with Gasteiger partial charge in [-0.3, -0.25) is 4.79 Å². The Morgan fingerprint density at radius 2 is 1.95 bits per heavy atom. The molecule has 0 saturated carbocycles. The summed E-state index contributed by atoms with van der Waals surface area (Å²) in [6.45, 7) is 6.44. The number of carbonyl (C=O) groups is 1. The Bertz CT molecular complexity index is 445. The Hall–Kier alpha value is -1.62. The number of hydrogen-bond donors (Lipinski definition) is 1. The first-order chi connectivity index (χ1) is 9.47. The summed E-state index contributed by atoms with van der Waals surface area (Å²) in [6.07, 6.45) is 1.74. The normalized spacial score (nSPS) is 10.8. The van der Waals surface area contributed by atoms with Crippen molar-refractivity contribution >= 4 is 11.7 Å². The highest BCUT2D eigenvalue weighted by atomic mass is 16.2. The smallest absolute Gasteiger partial charge is 0.254 e. The van der Waals surface area contributed by atoms with Crippen LogP contribution in [0.25, 0.3) is 0 Å². The van der Waals surface area contributed by atoms with Gasteiger partial charge in [0.25, 0.3) is 5.91 Å². The maximum absolute atomic E-state index is 12.5. The van der Waals surface area contributed by atoms with Crippen molar-refractivity contribution in [2.24, 2.45) is 0 Å². The predicted octanol–water partition coefficient (Wildman–Crippen LogP) is 1.64. The second kappa shape index (κ2) is 7.85. The molecule has 1 amide bonds. The van der Waals surface area contributed by atoms with Crippen molar-refractivity contribution in [2.75, 3.05) is 39.5 Å². The molecule has 0 saturated heterocycles. The van der Waals surface area contributed by atoms with Gasteiger partial charge in [0.15, 0.2) is 0 Å². The van der Waals surface area contributed by atoms with Crippen molar-refractivity contribution in [1.82, 2.24) is 14.8 Å². The Kier molecular flexibility index (Phi) is 6.45. The highest BCUT2D eigenvalue weighted by molar-refractivity contribution is 5.95. The zero-order valence-corrected chi connectivity index (χ0v) is 13.0. The van der Waals surface area contributed by atoms with Gasteiger partial charge in [-0.25, -0.2) is 4.98 Å². The Balaban J connectivity index is 2.77. The van der Waals surface area contributed by atoms with E-state index in [9.17, 15) is 4.79 Å². The van der Waals surface area contributed by atoms with Crippen LogP contribution in [-0.4, -0.2) is 54.4 Å². The van der Waals surface area contributed by atoms with Gasteiger partial charge < -0.3 is 15.5 Å². The lowest BCUT2D eigenvalue weighted by atomic mass is 10.1. The molecular formula is C15H26N4O. The maximum Gasteiger partial charge on any atom is 0.254 e. The number of nitrogen functional groups attached to an aromatic ring is 1. The predicted molar refractivity (Wildman–Crippen MR) is 82.8 cm³/mol. The zero-order valence-electron chi connectivity index (χ0n) is 13.0. The summed E-state index contributed by atoms with van der Waals surface area (Å²) in [7, 11) is 4.07. The number of aromatic nitrogens is 1. The molecule has 1 aromatic heterocycles. The van der Waals surface area contributed by atoms with E-state index in [1.54, 1.807) is 6.07 Å². The summed E-state index contributed by atoms with van der Waals surface area (Å²) in [5.41, 5.74) is 7.26. The zero-order chi connectivity index (χ0) is 15.1. The molecule has 0 aliphatic carbocycles. The summed E-state index contributed by atoms with van der Waals surface area (Å²) in [5.74, 6) is 0.451. The number of pyridine rings is 1. The van der Waals surface area contributed by atoms with Gasteiger partial charge in [0.05, 0.1) is 0 Å². The van der Waals surface area contributed by atoms with Crippen LogP contribution in [0.2, 0.25) is 0 Å². The Morgan fingerprint density at radius 3 is 2.50 bits per heavy atom. The standard InChI is InChI=1S/C15H26N4O/c1-5-13-10-12(11-14(16)17-13)15(20)19(6-2)9-7-8-18(3)4/h10-11H,5-9H2,1-4H3,(H2,16,17). The van der Waals surface area contributed by atoms with Crippen LogP contribution < -0.4 is 5.73 Å². The van der Waals surface area contributed by atoms with Crippen LogP contribution in [0.3, 0.4) is 0 Å². The first-order valence-corrected chi connectivity index (χ1v) is 7.18. The molecule has 20 heavy (non-hydrogen) atoms. The molecule has 0 radical (unpaired) electrons. The second-order valence-corrected chi connectivity index (χ2v) is 5.17. The molecule has 1 rings (SSSR count). The van der Waals surface area contributed by atoms with Gasteiger partial charge in [0.1, 0.15) is 5.82 Å². The highest BCUT2D eigenvalue weighted by Crippen LogP contribution is 2.11. The largest absolute Gasteiger partial charge is 0.384 e. The minimum Gasteiger partial charge on any atom is -0.384 e. The number of nitrogens with zero attached hydrogens (tertiary/aromatic N) is 3. The van der Waals surface area contributed by atoms with Gasteiger partial charge in [0, 0.05) is 24.3 Å². The molecule has 0 aliphatic rings. The number of hydrogen-bond acceptors (Lipinski definition) is 4. The number of amides is 1. The average Bonchev–Trinajstić information content (AvgIpc) is 2.41. The molecule has 0 atom stereocenters. The molecule has 0 spiro atoms. The first kappa shape index (κ1) is 16.4. The highest BCUT2D eigenvalue weighted by Gasteiger charge is 2.15. The minimum atomic E-state index is 0.0371. The van der Waals surface area contributed by atoms with Crippen LogP contribution in [-0.2, 0) is 6.42 Å². The molecule has 1 heterocycles. The molecule has 0 aliphatic heterocycles. The molecule has 2 N–H and O–H groups in total. The van der Waals surface area contributed by atoms with Crippen molar-refractivity contribution in [1.29, 1.82) is 0 Å². The lowest BCUT2D eigenvalue weighted by Gasteiger charge is -2.22. The van der Waals surface area contributed by atoms with Crippen molar-refractivity contribution in [2.45, 2.75) is 26.7 Å². The molecule has 0 unspecified atom stereocenters. The number of aryl methyl sites for hydroxylation is 1. The molecule has 112 valence electrons. The molecule has 5 nitrogen and oxygen atoms in total. The van der Waals surface area contributed by atoms with Crippen molar-refractivity contribution in [3.8, 4) is 0 Å². The van der Waals surface area contributed by atoms with E-state index in [0.29, 0.717) is 17.9 Å². The van der Waals surface area contributed by atoms with E-state index in [1.165, 1.54) is 0 Å². The summed E-state index contributed by atoms with van der Waals surface area (Å²) < 4.78 is 0. The molecule has 0 aromatic carbocycles. The van der Waals surface area contributed by atoms with E-state index in [1.807, 2.05) is 38.9 Å². The Morgan fingerprint density at radius 1 is 1.25 bits per heavy atom. The molecule has 0 fully saturated rings. The number of rotatable bonds is 7. The van der Waals surface area contributed by atoms with Crippen LogP contribution in [0.5, 0.6) is 0 Å². The van der Waals surface area contributed by atoms with Crippen molar-refractivity contribution in [3.05, 3.63) is 23.4 Å². The summed E-state index contributed by atoms with van der Waals surface area (Å²) in [4.78, 5) is 20.7.